The van der Waals surface area contributed by atoms with Crippen molar-refractivity contribution in [1.82, 2.24) is 24.6 Å². The molecule has 3 fully saturated rings. The van der Waals surface area contributed by atoms with Crippen LogP contribution in [0.4, 0.5) is 17.5 Å². The number of hydrogen-bond donors (Lipinski definition) is 1. The summed E-state index contributed by atoms with van der Waals surface area (Å²) in [5.41, 5.74) is 0.120. The molecule has 1 N–H and O–H groups in total. The zero-order valence-electron chi connectivity index (χ0n) is 18.0. The summed E-state index contributed by atoms with van der Waals surface area (Å²) in [6, 6.07) is 0. The van der Waals surface area contributed by atoms with E-state index in [1.54, 1.807) is 17.1 Å². The Balaban J connectivity index is 1.36. The summed E-state index contributed by atoms with van der Waals surface area (Å²) < 4.78 is 1.71. The highest BCUT2D eigenvalue weighted by atomic mass is 35.5. The molecule has 0 spiro atoms. The fourth-order valence-electron chi connectivity index (χ4n) is 5.06. The molecule has 162 valence electrons. The van der Waals surface area contributed by atoms with E-state index in [0.717, 1.165) is 31.6 Å². The normalized spacial score (nSPS) is 28.4. The SMILES string of the molecule is C#CC1(C(=O)N2C[C@@]3(C)CN(c4nc(Nc5cnn(C)c5)ncc4Cl)C[C@@]3(C)C2)CC1. The molecule has 1 aliphatic carbocycles. The Morgan fingerprint density at radius 2 is 1.87 bits per heavy atom. The molecule has 5 rings (SSSR count). The lowest BCUT2D eigenvalue weighted by Crippen LogP contribution is -2.39. The van der Waals surface area contributed by atoms with Crippen molar-refractivity contribution in [3.05, 3.63) is 23.6 Å². The number of aromatic nitrogens is 4. The Labute approximate surface area is 187 Å². The first-order valence-corrected chi connectivity index (χ1v) is 10.9. The Kier molecular flexibility index (Phi) is 4.29. The first-order valence-electron chi connectivity index (χ1n) is 10.5. The Bertz CT molecular complexity index is 1080. The number of terminal acetylenes is 1. The molecule has 8 nitrogen and oxygen atoms in total. The molecule has 1 saturated carbocycles. The van der Waals surface area contributed by atoms with Gasteiger partial charge in [0, 0.05) is 50.3 Å². The van der Waals surface area contributed by atoms with Crippen LogP contribution >= 0.6 is 11.6 Å². The number of hydrogen-bond acceptors (Lipinski definition) is 6. The average Bonchev–Trinajstić information content (AvgIpc) is 3.26. The number of fused-ring (bicyclic) bond motifs is 1. The van der Waals surface area contributed by atoms with Gasteiger partial charge in [-0.2, -0.15) is 10.1 Å². The van der Waals surface area contributed by atoms with Crippen LogP contribution < -0.4 is 10.2 Å². The van der Waals surface area contributed by atoms with Crippen LogP contribution in [0, 0.1) is 28.6 Å². The molecular weight excluding hydrogens is 414 g/mol. The predicted molar refractivity (Wildman–Crippen MR) is 119 cm³/mol. The Morgan fingerprint density at radius 3 is 2.42 bits per heavy atom. The average molecular weight is 440 g/mol. The number of carbonyl (C=O) groups is 1. The molecule has 0 aromatic carbocycles. The minimum Gasteiger partial charge on any atom is -0.354 e. The lowest BCUT2D eigenvalue weighted by Gasteiger charge is -2.29. The van der Waals surface area contributed by atoms with Crippen molar-refractivity contribution in [3.8, 4) is 12.3 Å². The van der Waals surface area contributed by atoms with Gasteiger partial charge < -0.3 is 15.1 Å². The summed E-state index contributed by atoms with van der Waals surface area (Å²) in [5, 5.41) is 7.84. The van der Waals surface area contributed by atoms with Crippen LogP contribution in [0.3, 0.4) is 0 Å². The van der Waals surface area contributed by atoms with E-state index in [1.807, 2.05) is 18.1 Å². The van der Waals surface area contributed by atoms with E-state index in [4.69, 9.17) is 23.0 Å². The van der Waals surface area contributed by atoms with Crippen molar-refractivity contribution in [2.45, 2.75) is 26.7 Å². The van der Waals surface area contributed by atoms with Crippen LogP contribution in [0.5, 0.6) is 0 Å². The van der Waals surface area contributed by atoms with Gasteiger partial charge in [-0.3, -0.25) is 9.48 Å². The van der Waals surface area contributed by atoms with Crippen LogP contribution in [0.25, 0.3) is 0 Å². The monoisotopic (exact) mass is 439 g/mol. The van der Waals surface area contributed by atoms with E-state index in [9.17, 15) is 4.79 Å². The number of aryl methyl sites for hydroxylation is 1. The fourth-order valence-corrected chi connectivity index (χ4v) is 5.27. The van der Waals surface area contributed by atoms with Gasteiger partial charge in [0.2, 0.25) is 11.9 Å². The minimum absolute atomic E-state index is 0.0709. The van der Waals surface area contributed by atoms with Crippen molar-refractivity contribution in [1.29, 1.82) is 0 Å². The van der Waals surface area contributed by atoms with E-state index in [-0.39, 0.29) is 16.7 Å². The maximum Gasteiger partial charge on any atom is 0.240 e. The van der Waals surface area contributed by atoms with Gasteiger partial charge in [-0.25, -0.2) is 4.98 Å². The highest BCUT2D eigenvalue weighted by molar-refractivity contribution is 6.32. The third-order valence-electron chi connectivity index (χ3n) is 7.33. The van der Waals surface area contributed by atoms with Gasteiger partial charge in [0.05, 0.1) is 18.1 Å². The summed E-state index contributed by atoms with van der Waals surface area (Å²) in [5.74, 6) is 4.05. The summed E-state index contributed by atoms with van der Waals surface area (Å²) in [6.45, 7) is 7.43. The van der Waals surface area contributed by atoms with Crippen molar-refractivity contribution >= 4 is 35.0 Å². The maximum atomic E-state index is 13.0. The standard InChI is InChI=1S/C22H26ClN7O/c1-5-22(6-7-22)18(31)30-13-20(2)11-29(12-21(20,3)14-30)17-16(23)9-24-19(27-17)26-15-8-25-28(4)10-15/h1,8-10H,6-7,11-14H2,2-4H3,(H,24,26,27)/t20-,21+. The molecule has 3 aliphatic rings. The smallest absolute Gasteiger partial charge is 0.240 e. The summed E-state index contributed by atoms with van der Waals surface area (Å²) in [4.78, 5) is 26.2. The van der Waals surface area contributed by atoms with Crippen molar-refractivity contribution < 1.29 is 4.79 Å². The highest BCUT2D eigenvalue weighted by Gasteiger charge is 2.61. The molecule has 1 amide bonds. The second-order valence-electron chi connectivity index (χ2n) is 9.76. The number of nitrogens with zero attached hydrogens (tertiary/aromatic N) is 6. The molecule has 0 unspecified atom stereocenters. The van der Waals surface area contributed by atoms with Gasteiger partial charge in [0.25, 0.3) is 0 Å². The van der Waals surface area contributed by atoms with Crippen LogP contribution in [0.1, 0.15) is 26.7 Å². The maximum absolute atomic E-state index is 13.0. The summed E-state index contributed by atoms with van der Waals surface area (Å²) >= 11 is 6.50. The van der Waals surface area contributed by atoms with E-state index in [1.165, 1.54) is 0 Å². The zero-order valence-corrected chi connectivity index (χ0v) is 18.8. The minimum atomic E-state index is -0.548. The number of likely N-dealkylation sites (tertiary alicyclic amines) is 1. The Hall–Kier alpha value is -2.79. The molecule has 0 radical (unpaired) electrons. The van der Waals surface area contributed by atoms with Gasteiger partial charge in [0.1, 0.15) is 10.4 Å². The zero-order chi connectivity index (χ0) is 22.0. The van der Waals surface area contributed by atoms with Gasteiger partial charge in [-0.1, -0.05) is 31.4 Å². The molecule has 2 aliphatic heterocycles. The first-order chi connectivity index (χ1) is 14.7. The topological polar surface area (TPSA) is 79.2 Å². The molecular formula is C22H26ClN7O. The highest BCUT2D eigenvalue weighted by Crippen LogP contribution is 2.55. The molecule has 9 heteroatoms. The largest absolute Gasteiger partial charge is 0.354 e. The molecule has 0 bridgehead atoms. The second-order valence-corrected chi connectivity index (χ2v) is 10.2. The van der Waals surface area contributed by atoms with Crippen molar-refractivity contribution in [2.24, 2.45) is 23.3 Å². The lowest BCUT2D eigenvalue weighted by atomic mass is 9.71. The van der Waals surface area contributed by atoms with Gasteiger partial charge in [0.15, 0.2) is 5.82 Å². The number of carbonyl (C=O) groups excluding carboxylic acids is 1. The van der Waals surface area contributed by atoms with Crippen LogP contribution in [0.2, 0.25) is 5.02 Å². The Morgan fingerprint density at radius 1 is 1.19 bits per heavy atom. The van der Waals surface area contributed by atoms with Gasteiger partial charge in [-0.15, -0.1) is 6.42 Å². The third-order valence-corrected chi connectivity index (χ3v) is 7.59. The first kappa shape index (κ1) is 20.1. The second kappa shape index (κ2) is 6.60. The number of anilines is 3. The molecule has 2 aromatic rings. The summed E-state index contributed by atoms with van der Waals surface area (Å²) in [7, 11) is 1.85. The van der Waals surface area contributed by atoms with Crippen LogP contribution in [-0.2, 0) is 11.8 Å². The van der Waals surface area contributed by atoms with E-state index >= 15 is 0 Å². The molecule has 2 saturated heterocycles. The number of amides is 1. The van der Waals surface area contributed by atoms with Crippen molar-refractivity contribution in [2.75, 3.05) is 36.4 Å². The van der Waals surface area contributed by atoms with E-state index in [2.05, 4.69) is 40.1 Å². The van der Waals surface area contributed by atoms with Crippen LogP contribution in [-0.4, -0.2) is 56.7 Å². The molecule has 2 atom stereocenters. The van der Waals surface area contributed by atoms with Gasteiger partial charge in [-0.05, 0) is 12.8 Å². The lowest BCUT2D eigenvalue weighted by molar-refractivity contribution is -0.134. The quantitative estimate of drug-likeness (QED) is 0.738. The number of rotatable bonds is 4. The van der Waals surface area contributed by atoms with Crippen molar-refractivity contribution in [3.63, 3.8) is 0 Å². The van der Waals surface area contributed by atoms with Gasteiger partial charge >= 0.3 is 0 Å². The molecule has 2 aromatic heterocycles. The van der Waals surface area contributed by atoms with E-state index in [0.29, 0.717) is 29.9 Å². The third kappa shape index (κ3) is 3.14. The van der Waals surface area contributed by atoms with Crippen LogP contribution in [0.15, 0.2) is 18.6 Å². The molecule has 31 heavy (non-hydrogen) atoms. The number of halogens is 1. The summed E-state index contributed by atoms with van der Waals surface area (Å²) in [6.07, 6.45) is 12.5. The predicted octanol–water partition coefficient (Wildman–Crippen LogP) is 2.70. The fraction of sp³-hybridized carbons (Fsp3) is 0.545. The van der Waals surface area contributed by atoms with E-state index < -0.39 is 5.41 Å². The number of nitrogens with one attached hydrogen (secondary N) is 1. The molecule has 4 heterocycles.